The van der Waals surface area contributed by atoms with Crippen molar-refractivity contribution in [3.8, 4) is 11.3 Å². The van der Waals surface area contributed by atoms with Gasteiger partial charge in [-0.1, -0.05) is 67.5 Å². The number of hydrogen-bond acceptors (Lipinski definition) is 4. The monoisotopic (exact) mass is 385 g/mol. The van der Waals surface area contributed by atoms with Gasteiger partial charge in [-0.25, -0.2) is 4.98 Å². The smallest absolute Gasteiger partial charge is 0.259 e. The zero-order chi connectivity index (χ0) is 20.5. The summed E-state index contributed by atoms with van der Waals surface area (Å²) in [5, 5.41) is 7.80. The number of hydrogen-bond donors (Lipinski definition) is 1. The van der Waals surface area contributed by atoms with Crippen molar-refractivity contribution < 1.29 is 9.32 Å². The van der Waals surface area contributed by atoms with Crippen molar-refractivity contribution in [3.05, 3.63) is 77.0 Å². The van der Waals surface area contributed by atoms with E-state index in [4.69, 9.17) is 4.52 Å². The number of aryl methyl sites for hydroxylation is 2. The Hall–Kier alpha value is -3.47. The van der Waals surface area contributed by atoms with Crippen LogP contribution in [-0.4, -0.2) is 16.0 Å². The van der Waals surface area contributed by atoms with Gasteiger partial charge in [0.2, 0.25) is 0 Å². The first kappa shape index (κ1) is 18.9. The number of anilines is 1. The van der Waals surface area contributed by atoms with Gasteiger partial charge in [0, 0.05) is 11.3 Å². The van der Waals surface area contributed by atoms with Crippen LogP contribution in [0.15, 0.2) is 59.1 Å². The van der Waals surface area contributed by atoms with E-state index in [0.29, 0.717) is 34.0 Å². The van der Waals surface area contributed by atoms with E-state index in [-0.39, 0.29) is 5.91 Å². The summed E-state index contributed by atoms with van der Waals surface area (Å²) in [5.74, 6) is 0.0944. The van der Waals surface area contributed by atoms with Crippen LogP contribution in [0.25, 0.3) is 22.4 Å². The standard InChI is InChI=1S/C24H23N3O2/c1-14(2)18-12-8-9-15(3)22(18)26-23(28)19-13-20(17-10-6-5-7-11-17)25-24-21(19)16(4)27-29-24/h5-14H,1-4H3,(H,26,28). The van der Waals surface area contributed by atoms with Gasteiger partial charge in [0.05, 0.1) is 22.3 Å². The molecule has 0 aliphatic heterocycles. The van der Waals surface area contributed by atoms with E-state index in [1.54, 1.807) is 0 Å². The molecule has 146 valence electrons. The molecule has 1 amide bonds. The van der Waals surface area contributed by atoms with Gasteiger partial charge in [0.1, 0.15) is 0 Å². The van der Waals surface area contributed by atoms with E-state index < -0.39 is 0 Å². The first-order chi connectivity index (χ1) is 14.0. The maximum absolute atomic E-state index is 13.4. The molecule has 0 radical (unpaired) electrons. The number of rotatable bonds is 4. The fourth-order valence-corrected chi connectivity index (χ4v) is 3.55. The number of pyridine rings is 1. The predicted octanol–water partition coefficient (Wildman–Crippen LogP) is 5.88. The molecule has 2 heterocycles. The van der Waals surface area contributed by atoms with Gasteiger partial charge in [-0.15, -0.1) is 0 Å². The van der Waals surface area contributed by atoms with Crippen LogP contribution < -0.4 is 5.32 Å². The summed E-state index contributed by atoms with van der Waals surface area (Å²) in [4.78, 5) is 18.0. The van der Waals surface area contributed by atoms with Gasteiger partial charge in [0.15, 0.2) is 0 Å². The molecule has 2 aromatic heterocycles. The molecule has 0 spiro atoms. The molecular weight excluding hydrogens is 362 g/mol. The highest BCUT2D eigenvalue weighted by Gasteiger charge is 2.21. The van der Waals surface area contributed by atoms with Gasteiger partial charge < -0.3 is 9.84 Å². The minimum Gasteiger partial charge on any atom is -0.335 e. The molecule has 0 fully saturated rings. The maximum Gasteiger partial charge on any atom is 0.259 e. The highest BCUT2D eigenvalue weighted by Crippen LogP contribution is 2.31. The Morgan fingerprint density at radius 1 is 1.03 bits per heavy atom. The van der Waals surface area contributed by atoms with Crippen molar-refractivity contribution in [1.82, 2.24) is 10.1 Å². The molecule has 4 rings (SSSR count). The molecule has 0 bridgehead atoms. The first-order valence-corrected chi connectivity index (χ1v) is 9.69. The van der Waals surface area contributed by atoms with Crippen molar-refractivity contribution in [2.75, 3.05) is 5.32 Å². The number of para-hydroxylation sites is 1. The second kappa shape index (κ2) is 7.51. The fraction of sp³-hybridized carbons (Fsp3) is 0.208. The second-order valence-electron chi connectivity index (χ2n) is 7.52. The fourth-order valence-electron chi connectivity index (χ4n) is 3.55. The van der Waals surface area contributed by atoms with Crippen LogP contribution in [0.3, 0.4) is 0 Å². The number of carbonyl (C=O) groups excluding carboxylic acids is 1. The molecule has 0 saturated heterocycles. The largest absolute Gasteiger partial charge is 0.335 e. The summed E-state index contributed by atoms with van der Waals surface area (Å²) in [6.07, 6.45) is 0. The van der Waals surface area contributed by atoms with Gasteiger partial charge in [-0.3, -0.25) is 4.79 Å². The van der Waals surface area contributed by atoms with E-state index in [9.17, 15) is 4.79 Å². The Morgan fingerprint density at radius 3 is 2.52 bits per heavy atom. The Labute approximate surface area is 169 Å². The Kier molecular flexibility index (Phi) is 4.89. The van der Waals surface area contributed by atoms with Gasteiger partial charge in [0.25, 0.3) is 11.6 Å². The van der Waals surface area contributed by atoms with Crippen molar-refractivity contribution in [1.29, 1.82) is 0 Å². The van der Waals surface area contributed by atoms with Gasteiger partial charge >= 0.3 is 0 Å². The van der Waals surface area contributed by atoms with Crippen molar-refractivity contribution >= 4 is 22.7 Å². The summed E-state index contributed by atoms with van der Waals surface area (Å²) < 4.78 is 5.40. The van der Waals surface area contributed by atoms with Crippen LogP contribution >= 0.6 is 0 Å². The topological polar surface area (TPSA) is 68.0 Å². The van der Waals surface area contributed by atoms with Crippen LogP contribution in [0.1, 0.15) is 46.9 Å². The molecule has 5 nitrogen and oxygen atoms in total. The molecule has 1 N–H and O–H groups in total. The highest BCUT2D eigenvalue weighted by atomic mass is 16.5. The summed E-state index contributed by atoms with van der Waals surface area (Å²) >= 11 is 0. The van der Waals surface area contributed by atoms with E-state index in [2.05, 4.69) is 35.4 Å². The van der Waals surface area contributed by atoms with E-state index >= 15 is 0 Å². The average Bonchev–Trinajstić information content (AvgIpc) is 3.10. The molecule has 29 heavy (non-hydrogen) atoms. The summed E-state index contributed by atoms with van der Waals surface area (Å²) in [7, 11) is 0. The number of nitrogens with zero attached hydrogens (tertiary/aromatic N) is 2. The summed E-state index contributed by atoms with van der Waals surface area (Å²) in [5.41, 5.74) is 6.09. The third-order valence-electron chi connectivity index (χ3n) is 5.10. The number of nitrogens with one attached hydrogen (secondary N) is 1. The average molecular weight is 385 g/mol. The first-order valence-electron chi connectivity index (χ1n) is 9.69. The Morgan fingerprint density at radius 2 is 1.79 bits per heavy atom. The minimum atomic E-state index is -0.197. The zero-order valence-corrected chi connectivity index (χ0v) is 17.0. The third-order valence-corrected chi connectivity index (χ3v) is 5.10. The van der Waals surface area contributed by atoms with Crippen LogP contribution in [0, 0.1) is 13.8 Å². The van der Waals surface area contributed by atoms with E-state index in [1.165, 1.54) is 0 Å². The maximum atomic E-state index is 13.4. The molecule has 4 aromatic rings. The molecular formula is C24H23N3O2. The molecule has 0 unspecified atom stereocenters. The molecule has 5 heteroatoms. The quantitative estimate of drug-likeness (QED) is 0.476. The lowest BCUT2D eigenvalue weighted by Gasteiger charge is -2.17. The Balaban J connectivity index is 1.84. The normalized spacial score (nSPS) is 11.2. The highest BCUT2D eigenvalue weighted by molar-refractivity contribution is 6.13. The lowest BCUT2D eigenvalue weighted by molar-refractivity contribution is 0.102. The van der Waals surface area contributed by atoms with Crippen LogP contribution in [0.2, 0.25) is 0 Å². The number of fused-ring (bicyclic) bond motifs is 1. The molecule has 0 aliphatic carbocycles. The second-order valence-corrected chi connectivity index (χ2v) is 7.52. The lowest BCUT2D eigenvalue weighted by Crippen LogP contribution is -2.16. The lowest BCUT2D eigenvalue weighted by atomic mass is 9.97. The van der Waals surface area contributed by atoms with Crippen LogP contribution in [0.5, 0.6) is 0 Å². The SMILES string of the molecule is Cc1cccc(C(C)C)c1NC(=O)c1cc(-c2ccccc2)nc2onc(C)c12. The van der Waals surface area contributed by atoms with E-state index in [1.807, 2.05) is 62.4 Å². The zero-order valence-electron chi connectivity index (χ0n) is 17.0. The number of amides is 1. The van der Waals surface area contributed by atoms with Crippen molar-refractivity contribution in [2.45, 2.75) is 33.6 Å². The Bertz CT molecular complexity index is 1190. The van der Waals surface area contributed by atoms with Gasteiger partial charge in [-0.05, 0) is 37.0 Å². The van der Waals surface area contributed by atoms with Crippen LogP contribution in [-0.2, 0) is 0 Å². The summed E-state index contributed by atoms with van der Waals surface area (Å²) in [6, 6.07) is 17.6. The van der Waals surface area contributed by atoms with Crippen LogP contribution in [0.4, 0.5) is 5.69 Å². The summed E-state index contributed by atoms with van der Waals surface area (Å²) in [6.45, 7) is 8.06. The third kappa shape index (κ3) is 3.51. The molecule has 0 atom stereocenters. The number of aromatic nitrogens is 2. The van der Waals surface area contributed by atoms with E-state index in [0.717, 1.165) is 22.4 Å². The molecule has 0 saturated carbocycles. The minimum absolute atomic E-state index is 0.197. The predicted molar refractivity (Wildman–Crippen MR) is 115 cm³/mol. The molecule has 0 aliphatic rings. The molecule has 2 aromatic carbocycles. The number of benzene rings is 2. The van der Waals surface area contributed by atoms with Crippen molar-refractivity contribution in [2.24, 2.45) is 0 Å². The number of carbonyl (C=O) groups is 1. The van der Waals surface area contributed by atoms with Gasteiger partial charge in [-0.2, -0.15) is 0 Å². The van der Waals surface area contributed by atoms with Crippen molar-refractivity contribution in [3.63, 3.8) is 0 Å².